The lowest BCUT2D eigenvalue weighted by atomic mass is 10.0. The Bertz CT molecular complexity index is 703. The van der Waals surface area contributed by atoms with Gasteiger partial charge >= 0.3 is 6.09 Å². The summed E-state index contributed by atoms with van der Waals surface area (Å²) in [6, 6.07) is 4.05. The lowest BCUT2D eigenvalue weighted by Crippen LogP contribution is -2.47. The summed E-state index contributed by atoms with van der Waals surface area (Å²) in [7, 11) is 0. The van der Waals surface area contributed by atoms with E-state index < -0.39 is 23.6 Å². The fourth-order valence-corrected chi connectivity index (χ4v) is 3.27. The zero-order chi connectivity index (χ0) is 18.4. The Hall–Kier alpha value is -1.66. The Kier molecular flexibility index (Phi) is 4.77. The van der Waals surface area contributed by atoms with E-state index in [2.05, 4.69) is 0 Å². The summed E-state index contributed by atoms with van der Waals surface area (Å²) < 4.78 is 24.7. The lowest BCUT2D eigenvalue weighted by molar-refractivity contribution is -0.124. The number of nitrogens with zero attached hydrogens (tertiary/aromatic N) is 1. The van der Waals surface area contributed by atoms with E-state index in [0.29, 0.717) is 12.1 Å². The van der Waals surface area contributed by atoms with Gasteiger partial charge in [0.25, 0.3) is 0 Å². The molecule has 0 aromatic heterocycles. The van der Waals surface area contributed by atoms with Gasteiger partial charge in [-0.15, -0.1) is 0 Å². The second-order valence-corrected chi connectivity index (χ2v) is 7.80. The smallest absolute Gasteiger partial charge is 0.411 e. The number of carbonyl (C=O) groups excluding carboxylic acids is 2. The van der Waals surface area contributed by atoms with Crippen LogP contribution >= 0.6 is 11.6 Å². The molecule has 0 spiro atoms. The maximum absolute atomic E-state index is 14.0. The molecule has 1 aromatic rings. The van der Waals surface area contributed by atoms with Crippen molar-refractivity contribution in [3.05, 3.63) is 34.6 Å². The average Bonchev–Trinajstić information content (AvgIpc) is 3.17. The largest absolute Gasteiger partial charge is 0.444 e. The molecule has 2 unspecified atom stereocenters. The van der Waals surface area contributed by atoms with Crippen molar-refractivity contribution < 1.29 is 23.5 Å². The van der Waals surface area contributed by atoms with Gasteiger partial charge in [-0.25, -0.2) is 9.18 Å². The number of likely N-dealkylation sites (tertiary alicyclic amines) is 1. The fraction of sp³-hybridized carbons (Fsp3) is 0.556. The van der Waals surface area contributed by atoms with Crippen LogP contribution in [0.25, 0.3) is 0 Å². The summed E-state index contributed by atoms with van der Waals surface area (Å²) in [5.74, 6) is -0.664. The standard InChI is InChI=1S/C18H21ClFNO4/c1-18(2,3)25-17(23)21-9-13-16(24-13)15(21)12(22)8-7-10-5-4-6-11(19)14(10)20/h4-6,13,15-16H,7-9H2,1-3H3/t13?,15-,16?/m1/s1. The number of amides is 1. The lowest BCUT2D eigenvalue weighted by Gasteiger charge is -2.29. The highest BCUT2D eigenvalue weighted by molar-refractivity contribution is 6.30. The maximum Gasteiger partial charge on any atom is 0.411 e. The van der Waals surface area contributed by atoms with Crippen LogP contribution in [-0.2, 0) is 20.7 Å². The van der Waals surface area contributed by atoms with E-state index in [1.54, 1.807) is 32.9 Å². The van der Waals surface area contributed by atoms with Crippen LogP contribution in [0.2, 0.25) is 5.02 Å². The Morgan fingerprint density at radius 1 is 1.40 bits per heavy atom. The minimum Gasteiger partial charge on any atom is -0.444 e. The second-order valence-electron chi connectivity index (χ2n) is 7.40. The molecule has 136 valence electrons. The number of Topliss-reactive ketones (excluding diaryl/α,β-unsaturated/α-hetero) is 1. The molecule has 7 heteroatoms. The van der Waals surface area contributed by atoms with Crippen molar-refractivity contribution in [1.29, 1.82) is 0 Å². The van der Waals surface area contributed by atoms with Gasteiger partial charge in [-0.1, -0.05) is 23.7 Å². The molecule has 25 heavy (non-hydrogen) atoms. The van der Waals surface area contributed by atoms with Crippen molar-refractivity contribution >= 4 is 23.5 Å². The van der Waals surface area contributed by atoms with Crippen molar-refractivity contribution in [2.75, 3.05) is 6.54 Å². The summed E-state index contributed by atoms with van der Waals surface area (Å²) in [5.41, 5.74) is -0.252. The third kappa shape index (κ3) is 3.96. The molecule has 2 saturated heterocycles. The molecule has 3 atom stereocenters. The van der Waals surface area contributed by atoms with Gasteiger partial charge in [0.15, 0.2) is 5.78 Å². The first-order valence-electron chi connectivity index (χ1n) is 8.28. The normalized spacial score (nSPS) is 24.8. The summed E-state index contributed by atoms with van der Waals surface area (Å²) in [6.45, 7) is 5.67. The van der Waals surface area contributed by atoms with Gasteiger partial charge in [-0.05, 0) is 38.8 Å². The molecule has 0 N–H and O–H groups in total. The maximum atomic E-state index is 14.0. The number of hydrogen-bond acceptors (Lipinski definition) is 4. The van der Waals surface area contributed by atoms with Gasteiger partial charge in [0.1, 0.15) is 29.7 Å². The van der Waals surface area contributed by atoms with Crippen molar-refractivity contribution in [3.63, 3.8) is 0 Å². The molecule has 2 aliphatic heterocycles. The monoisotopic (exact) mass is 369 g/mol. The van der Waals surface area contributed by atoms with Crippen LogP contribution in [0, 0.1) is 5.82 Å². The van der Waals surface area contributed by atoms with Gasteiger partial charge < -0.3 is 9.47 Å². The molecule has 3 rings (SSSR count). The highest BCUT2D eigenvalue weighted by atomic mass is 35.5. The predicted molar refractivity (Wildman–Crippen MR) is 90.1 cm³/mol. The average molecular weight is 370 g/mol. The SMILES string of the molecule is CC(C)(C)OC(=O)N1CC2OC2[C@H]1C(=O)CCc1cccc(Cl)c1F. The number of ether oxygens (including phenoxy) is 2. The molecule has 1 amide bonds. The first kappa shape index (κ1) is 18.1. The molecular weight excluding hydrogens is 349 g/mol. The highest BCUT2D eigenvalue weighted by Crippen LogP contribution is 2.38. The number of epoxide rings is 1. The Morgan fingerprint density at radius 2 is 2.12 bits per heavy atom. The fourth-order valence-electron chi connectivity index (χ4n) is 3.08. The minimum absolute atomic E-state index is 0.0341. The summed E-state index contributed by atoms with van der Waals surface area (Å²) in [4.78, 5) is 26.4. The quantitative estimate of drug-likeness (QED) is 0.763. The van der Waals surface area contributed by atoms with Crippen molar-refractivity contribution in [2.24, 2.45) is 0 Å². The molecule has 1 aromatic carbocycles. The Labute approximate surface area is 151 Å². The van der Waals surface area contributed by atoms with E-state index in [4.69, 9.17) is 21.1 Å². The number of carbonyl (C=O) groups is 2. The van der Waals surface area contributed by atoms with Gasteiger partial charge in [-0.2, -0.15) is 0 Å². The van der Waals surface area contributed by atoms with Crippen molar-refractivity contribution in [3.8, 4) is 0 Å². The predicted octanol–water partition coefficient (Wildman–Crippen LogP) is 3.37. The Balaban J connectivity index is 1.66. The minimum atomic E-state index is -0.665. The molecule has 0 bridgehead atoms. The third-order valence-corrected chi connectivity index (χ3v) is 4.57. The molecule has 2 heterocycles. The topological polar surface area (TPSA) is 59.1 Å². The number of halogens is 2. The van der Waals surface area contributed by atoms with Crippen LogP contribution < -0.4 is 0 Å². The van der Waals surface area contributed by atoms with Crippen LogP contribution in [-0.4, -0.2) is 47.2 Å². The number of aryl methyl sites for hydroxylation is 1. The molecular formula is C18H21ClFNO4. The summed E-state index contributed by atoms with van der Waals surface area (Å²) in [5, 5.41) is 0.0341. The number of ketones is 1. The number of morpholine rings is 1. The molecule has 0 saturated carbocycles. The van der Waals surface area contributed by atoms with Crippen LogP contribution in [0.15, 0.2) is 18.2 Å². The van der Waals surface area contributed by atoms with Crippen LogP contribution in [0.5, 0.6) is 0 Å². The Morgan fingerprint density at radius 3 is 2.80 bits per heavy atom. The third-order valence-electron chi connectivity index (χ3n) is 4.28. The van der Waals surface area contributed by atoms with Crippen molar-refractivity contribution in [2.45, 2.75) is 57.5 Å². The highest BCUT2D eigenvalue weighted by Gasteiger charge is 2.59. The molecule has 0 aliphatic carbocycles. The number of hydrogen-bond donors (Lipinski definition) is 0. The van der Waals surface area contributed by atoms with E-state index in [1.165, 1.54) is 11.0 Å². The molecule has 2 aliphatic rings. The first-order valence-corrected chi connectivity index (χ1v) is 8.66. The molecule has 0 radical (unpaired) electrons. The van der Waals surface area contributed by atoms with Gasteiger partial charge in [-0.3, -0.25) is 9.69 Å². The number of rotatable bonds is 4. The summed E-state index contributed by atoms with van der Waals surface area (Å²) in [6.07, 6.45) is -0.570. The first-order chi connectivity index (χ1) is 11.7. The van der Waals surface area contributed by atoms with E-state index >= 15 is 0 Å². The van der Waals surface area contributed by atoms with Gasteiger partial charge in [0.05, 0.1) is 11.6 Å². The zero-order valence-corrected chi connectivity index (χ0v) is 15.2. The van der Waals surface area contributed by atoms with Gasteiger partial charge in [0, 0.05) is 6.42 Å². The van der Waals surface area contributed by atoms with Crippen LogP contribution in [0.3, 0.4) is 0 Å². The molecule has 2 fully saturated rings. The summed E-state index contributed by atoms with van der Waals surface area (Å²) >= 11 is 5.76. The van der Waals surface area contributed by atoms with E-state index in [0.717, 1.165) is 0 Å². The number of benzene rings is 1. The van der Waals surface area contributed by atoms with E-state index in [1.807, 2.05) is 0 Å². The second kappa shape index (κ2) is 6.57. The van der Waals surface area contributed by atoms with Crippen LogP contribution in [0.1, 0.15) is 32.8 Å². The van der Waals surface area contributed by atoms with Crippen LogP contribution in [0.4, 0.5) is 9.18 Å². The van der Waals surface area contributed by atoms with E-state index in [-0.39, 0.29) is 35.9 Å². The number of fused-ring (bicyclic) bond motifs is 1. The van der Waals surface area contributed by atoms with E-state index in [9.17, 15) is 14.0 Å². The van der Waals surface area contributed by atoms with Gasteiger partial charge in [0.2, 0.25) is 0 Å². The van der Waals surface area contributed by atoms with Crippen molar-refractivity contribution in [1.82, 2.24) is 4.90 Å². The molecule has 5 nitrogen and oxygen atoms in total. The zero-order valence-electron chi connectivity index (χ0n) is 14.4.